The molecule has 1 fully saturated rings. The van der Waals surface area contributed by atoms with Crippen molar-refractivity contribution >= 4 is 40.1 Å². The summed E-state index contributed by atoms with van der Waals surface area (Å²) in [7, 11) is 0. The molecule has 0 bridgehead atoms. The van der Waals surface area contributed by atoms with E-state index in [1.54, 1.807) is 47.2 Å². The lowest BCUT2D eigenvalue weighted by Gasteiger charge is -2.24. The maximum atomic E-state index is 14.1. The molecular formula is C24H23ClFN3O4. The van der Waals surface area contributed by atoms with Crippen molar-refractivity contribution in [1.29, 1.82) is 0 Å². The van der Waals surface area contributed by atoms with Crippen LogP contribution >= 0.6 is 11.6 Å². The molecule has 1 aliphatic heterocycles. The summed E-state index contributed by atoms with van der Waals surface area (Å²) in [5, 5.41) is 12.6. The van der Waals surface area contributed by atoms with Crippen LogP contribution in [0.15, 0.2) is 48.7 Å². The first-order valence-corrected chi connectivity index (χ1v) is 11.0. The summed E-state index contributed by atoms with van der Waals surface area (Å²) < 4.78 is 15.8. The van der Waals surface area contributed by atoms with Crippen molar-refractivity contribution in [2.45, 2.75) is 32.0 Å². The molecular weight excluding hydrogens is 449 g/mol. The number of aliphatic hydroxyl groups is 1. The van der Waals surface area contributed by atoms with E-state index in [0.717, 1.165) is 0 Å². The van der Waals surface area contributed by atoms with Crippen molar-refractivity contribution in [2.24, 2.45) is 0 Å². The molecule has 0 radical (unpaired) electrons. The van der Waals surface area contributed by atoms with Crippen molar-refractivity contribution in [3.05, 3.63) is 70.6 Å². The molecule has 2 aromatic carbocycles. The SMILES string of the molecule is O=C(CO)c1cn(CC(=O)N2CCC[C@H]2C(=O)NCc2cccc(Cl)c2F)c2ccccc12. The molecule has 3 aromatic rings. The topological polar surface area (TPSA) is 91.6 Å². The molecule has 172 valence electrons. The average molecular weight is 472 g/mol. The Kier molecular flexibility index (Phi) is 6.76. The Morgan fingerprint density at radius 1 is 1.15 bits per heavy atom. The highest BCUT2D eigenvalue weighted by Crippen LogP contribution is 2.24. The van der Waals surface area contributed by atoms with Crippen molar-refractivity contribution in [3.8, 4) is 0 Å². The third-order valence-electron chi connectivity index (χ3n) is 5.90. The largest absolute Gasteiger partial charge is 0.388 e. The fourth-order valence-electron chi connectivity index (χ4n) is 4.24. The number of likely N-dealkylation sites (tertiary alicyclic amines) is 1. The lowest BCUT2D eigenvalue weighted by Crippen LogP contribution is -2.46. The highest BCUT2D eigenvalue weighted by Gasteiger charge is 2.34. The molecule has 2 amide bonds. The van der Waals surface area contributed by atoms with Gasteiger partial charge in [0.2, 0.25) is 11.8 Å². The van der Waals surface area contributed by atoms with Crippen LogP contribution in [0.25, 0.3) is 10.9 Å². The van der Waals surface area contributed by atoms with Gasteiger partial charge in [0.1, 0.15) is 25.0 Å². The van der Waals surface area contributed by atoms with Gasteiger partial charge in [-0.05, 0) is 25.0 Å². The summed E-state index contributed by atoms with van der Waals surface area (Å²) in [6.07, 6.45) is 2.75. The standard InChI is InChI=1S/C24H23ClFN3O4/c25-18-7-3-5-15(23(18)26)11-27-24(33)20-9-4-10-29(20)22(32)13-28-12-17(21(31)14-30)16-6-1-2-8-19(16)28/h1-3,5-8,12,20,30H,4,9-11,13-14H2,(H,27,33)/t20-/m0/s1. The number of para-hydroxylation sites is 1. The zero-order valence-corrected chi connectivity index (χ0v) is 18.5. The van der Waals surface area contributed by atoms with E-state index in [0.29, 0.717) is 35.9 Å². The summed E-state index contributed by atoms with van der Waals surface area (Å²) in [6.45, 7) is -0.266. The number of halogens is 2. The van der Waals surface area contributed by atoms with Crippen LogP contribution in [0.3, 0.4) is 0 Å². The van der Waals surface area contributed by atoms with Gasteiger partial charge in [0.15, 0.2) is 5.78 Å². The van der Waals surface area contributed by atoms with Crippen LogP contribution in [-0.4, -0.2) is 51.4 Å². The Morgan fingerprint density at radius 3 is 2.73 bits per heavy atom. The second-order valence-electron chi connectivity index (χ2n) is 7.95. The quantitative estimate of drug-likeness (QED) is 0.518. The van der Waals surface area contributed by atoms with Gasteiger partial charge >= 0.3 is 0 Å². The van der Waals surface area contributed by atoms with Gasteiger partial charge in [0, 0.05) is 41.3 Å². The number of amides is 2. The second kappa shape index (κ2) is 9.72. The number of hydrogen-bond acceptors (Lipinski definition) is 4. The number of fused-ring (bicyclic) bond motifs is 1. The number of hydrogen-bond donors (Lipinski definition) is 2. The highest BCUT2D eigenvalue weighted by molar-refractivity contribution is 6.30. The number of ketones is 1. The molecule has 0 unspecified atom stereocenters. The number of rotatable bonds is 7. The minimum atomic E-state index is -0.653. The van der Waals surface area contributed by atoms with Gasteiger partial charge in [-0.2, -0.15) is 0 Å². The van der Waals surface area contributed by atoms with Crippen LogP contribution in [0.5, 0.6) is 0 Å². The Bertz CT molecular complexity index is 1230. The molecule has 1 aromatic heterocycles. The van der Waals surface area contributed by atoms with Crippen LogP contribution in [-0.2, 0) is 22.7 Å². The number of aliphatic hydroxyl groups excluding tert-OH is 1. The maximum absolute atomic E-state index is 14.1. The van der Waals surface area contributed by atoms with Gasteiger partial charge in [-0.25, -0.2) is 4.39 Å². The third-order valence-corrected chi connectivity index (χ3v) is 6.19. The summed E-state index contributed by atoms with van der Waals surface area (Å²) in [4.78, 5) is 39.5. The van der Waals surface area contributed by atoms with E-state index in [9.17, 15) is 23.9 Å². The number of benzene rings is 2. The van der Waals surface area contributed by atoms with E-state index in [1.165, 1.54) is 11.0 Å². The minimum Gasteiger partial charge on any atom is -0.388 e. The average Bonchev–Trinajstić information content (AvgIpc) is 3.45. The second-order valence-corrected chi connectivity index (χ2v) is 8.35. The van der Waals surface area contributed by atoms with Gasteiger partial charge in [-0.15, -0.1) is 0 Å². The number of carbonyl (C=O) groups is 3. The number of aromatic nitrogens is 1. The fourth-order valence-corrected chi connectivity index (χ4v) is 4.44. The van der Waals surface area contributed by atoms with E-state index in [1.807, 2.05) is 0 Å². The van der Waals surface area contributed by atoms with E-state index < -0.39 is 24.2 Å². The van der Waals surface area contributed by atoms with Crippen LogP contribution in [0.2, 0.25) is 5.02 Å². The molecule has 33 heavy (non-hydrogen) atoms. The van der Waals surface area contributed by atoms with Crippen molar-refractivity contribution < 1.29 is 23.9 Å². The van der Waals surface area contributed by atoms with E-state index >= 15 is 0 Å². The molecule has 1 saturated heterocycles. The number of carbonyl (C=O) groups excluding carboxylic acids is 3. The molecule has 7 nitrogen and oxygen atoms in total. The monoisotopic (exact) mass is 471 g/mol. The molecule has 0 spiro atoms. The molecule has 1 aliphatic rings. The number of nitrogens with one attached hydrogen (secondary N) is 1. The smallest absolute Gasteiger partial charge is 0.243 e. The van der Waals surface area contributed by atoms with E-state index in [2.05, 4.69) is 5.32 Å². The van der Waals surface area contributed by atoms with Crippen molar-refractivity contribution in [2.75, 3.05) is 13.2 Å². The Labute approximate surface area is 194 Å². The van der Waals surface area contributed by atoms with Crippen LogP contribution < -0.4 is 5.32 Å². The highest BCUT2D eigenvalue weighted by atomic mass is 35.5. The lowest BCUT2D eigenvalue weighted by molar-refractivity contribution is -0.138. The van der Waals surface area contributed by atoms with Crippen LogP contribution in [0, 0.1) is 5.82 Å². The lowest BCUT2D eigenvalue weighted by atomic mass is 10.1. The summed E-state index contributed by atoms with van der Waals surface area (Å²) in [5.41, 5.74) is 1.31. The van der Waals surface area contributed by atoms with Gasteiger partial charge in [0.25, 0.3) is 0 Å². The molecule has 0 saturated carbocycles. The molecule has 4 rings (SSSR count). The fraction of sp³-hybridized carbons (Fsp3) is 0.292. The van der Waals surface area contributed by atoms with Crippen molar-refractivity contribution in [1.82, 2.24) is 14.8 Å². The van der Waals surface area contributed by atoms with Gasteiger partial charge in [0.05, 0.1) is 5.02 Å². The predicted molar refractivity (Wildman–Crippen MR) is 121 cm³/mol. The zero-order valence-electron chi connectivity index (χ0n) is 17.8. The van der Waals surface area contributed by atoms with Crippen LogP contribution in [0.1, 0.15) is 28.8 Å². The molecule has 2 N–H and O–H groups in total. The first-order chi connectivity index (χ1) is 15.9. The third kappa shape index (κ3) is 4.62. The first kappa shape index (κ1) is 22.9. The molecule has 0 aliphatic carbocycles. The van der Waals surface area contributed by atoms with Crippen molar-refractivity contribution in [3.63, 3.8) is 0 Å². The van der Waals surface area contributed by atoms with E-state index in [4.69, 9.17) is 11.6 Å². The van der Waals surface area contributed by atoms with E-state index in [-0.39, 0.29) is 35.5 Å². The molecule has 2 heterocycles. The minimum absolute atomic E-state index is 0.0163. The zero-order chi connectivity index (χ0) is 23.5. The summed E-state index contributed by atoms with van der Waals surface area (Å²) >= 11 is 5.79. The number of nitrogens with zero attached hydrogens (tertiary/aromatic N) is 2. The van der Waals surface area contributed by atoms with Gasteiger partial charge < -0.3 is 19.9 Å². The van der Waals surface area contributed by atoms with Crippen LogP contribution in [0.4, 0.5) is 4.39 Å². The first-order valence-electron chi connectivity index (χ1n) is 10.6. The summed E-state index contributed by atoms with van der Waals surface area (Å²) in [6, 6.07) is 11.1. The molecule has 9 heteroatoms. The predicted octanol–water partition coefficient (Wildman–Crippen LogP) is 2.92. The van der Waals surface area contributed by atoms with Gasteiger partial charge in [-0.3, -0.25) is 14.4 Å². The summed E-state index contributed by atoms with van der Waals surface area (Å²) in [5.74, 6) is -1.62. The molecule has 1 atom stereocenters. The normalized spacial score (nSPS) is 15.7. The Hall–Kier alpha value is -3.23. The van der Waals surface area contributed by atoms with Gasteiger partial charge in [-0.1, -0.05) is 41.9 Å². The Balaban J connectivity index is 1.48. The maximum Gasteiger partial charge on any atom is 0.243 e. The number of Topliss-reactive ketones (excluding diaryl/α,β-unsaturated/α-hetero) is 1. The Morgan fingerprint density at radius 2 is 1.94 bits per heavy atom.